The van der Waals surface area contributed by atoms with Crippen molar-refractivity contribution >= 4 is 17.5 Å². The van der Waals surface area contributed by atoms with Crippen molar-refractivity contribution in [3.63, 3.8) is 0 Å². The third kappa shape index (κ3) is 5.15. The Kier molecular flexibility index (Phi) is 5.94. The maximum Gasteiger partial charge on any atom is 0.251 e. The molecule has 0 saturated carbocycles. The average molecular weight is 260 g/mol. The van der Waals surface area contributed by atoms with Crippen molar-refractivity contribution in [2.75, 3.05) is 20.3 Å². The van der Waals surface area contributed by atoms with Gasteiger partial charge in [0.1, 0.15) is 5.82 Å². The first-order chi connectivity index (χ1) is 8.13. The molecule has 17 heavy (non-hydrogen) atoms. The van der Waals surface area contributed by atoms with Crippen LogP contribution in [0.3, 0.4) is 0 Å². The second-order valence-electron chi connectivity index (χ2n) is 3.60. The molecular formula is C12H15ClFNO2. The minimum atomic E-state index is -0.359. The van der Waals surface area contributed by atoms with Crippen LogP contribution in [0, 0.1) is 5.82 Å². The zero-order valence-corrected chi connectivity index (χ0v) is 10.3. The summed E-state index contributed by atoms with van der Waals surface area (Å²) in [6.45, 7) is 0.918. The van der Waals surface area contributed by atoms with Gasteiger partial charge in [-0.3, -0.25) is 4.79 Å². The number of hydrogen-bond acceptors (Lipinski definition) is 2. The molecule has 0 aliphatic carbocycles. The summed E-state index contributed by atoms with van der Waals surface area (Å²) in [5.41, 5.74) is 0.435. The molecule has 0 bridgehead atoms. The summed E-state index contributed by atoms with van der Waals surface area (Å²) in [5, 5.41) is 2.59. The third-order valence-electron chi connectivity index (χ3n) is 2.20. The molecule has 0 radical (unpaired) electrons. The summed E-state index contributed by atoms with van der Waals surface area (Å²) in [6, 6.07) is 5.39. The number of alkyl halides is 1. The Balaban J connectivity index is 2.32. The summed E-state index contributed by atoms with van der Waals surface area (Å²) in [5.74, 6) is -0.589. The van der Waals surface area contributed by atoms with Gasteiger partial charge >= 0.3 is 0 Å². The van der Waals surface area contributed by atoms with Crippen LogP contribution in [0.5, 0.6) is 0 Å². The topological polar surface area (TPSA) is 38.3 Å². The molecule has 0 aromatic heterocycles. The Bertz CT molecular complexity index is 356. The van der Waals surface area contributed by atoms with Crippen LogP contribution >= 0.6 is 11.6 Å². The molecule has 1 aromatic carbocycles. The number of nitrogens with one attached hydrogen (secondary N) is 1. The highest BCUT2D eigenvalue weighted by molar-refractivity contribution is 6.20. The molecule has 1 unspecified atom stereocenters. The monoisotopic (exact) mass is 259 g/mol. The van der Waals surface area contributed by atoms with E-state index >= 15 is 0 Å². The molecule has 1 N–H and O–H groups in total. The fourth-order valence-corrected chi connectivity index (χ4v) is 1.54. The van der Waals surface area contributed by atoms with Gasteiger partial charge in [0.05, 0.1) is 12.0 Å². The molecule has 3 nitrogen and oxygen atoms in total. The zero-order valence-electron chi connectivity index (χ0n) is 9.58. The lowest BCUT2D eigenvalue weighted by Gasteiger charge is -2.09. The second-order valence-corrected chi connectivity index (χ2v) is 4.22. The molecule has 0 aliphatic heterocycles. The van der Waals surface area contributed by atoms with Crippen LogP contribution in [0.1, 0.15) is 16.8 Å². The second kappa shape index (κ2) is 7.25. The molecule has 1 amide bonds. The first kappa shape index (κ1) is 13.9. The first-order valence-corrected chi connectivity index (χ1v) is 5.74. The summed E-state index contributed by atoms with van der Waals surface area (Å²) >= 11 is 5.91. The summed E-state index contributed by atoms with van der Waals surface area (Å²) < 4.78 is 17.5. The minimum Gasteiger partial charge on any atom is -0.383 e. The molecule has 0 saturated heterocycles. The summed E-state index contributed by atoms with van der Waals surface area (Å²) in [4.78, 5) is 11.6. The lowest BCUT2D eigenvalue weighted by Crippen LogP contribution is -2.27. The van der Waals surface area contributed by atoms with E-state index in [4.69, 9.17) is 16.3 Å². The summed E-state index contributed by atoms with van der Waals surface area (Å²) in [7, 11) is 1.58. The van der Waals surface area contributed by atoms with E-state index in [2.05, 4.69) is 5.32 Å². The van der Waals surface area contributed by atoms with Gasteiger partial charge in [0.25, 0.3) is 5.91 Å². The highest BCUT2D eigenvalue weighted by atomic mass is 35.5. The largest absolute Gasteiger partial charge is 0.383 e. The van der Waals surface area contributed by atoms with E-state index in [9.17, 15) is 9.18 Å². The minimum absolute atomic E-state index is 0.117. The predicted octanol–water partition coefficient (Wildman–Crippen LogP) is 2.20. The lowest BCUT2D eigenvalue weighted by molar-refractivity contribution is 0.0951. The zero-order chi connectivity index (χ0) is 12.7. The number of carbonyl (C=O) groups excluding carboxylic acids is 1. The SMILES string of the molecule is COCC(Cl)CCNC(=O)c1ccc(F)cc1. The van der Waals surface area contributed by atoms with E-state index in [0.29, 0.717) is 25.1 Å². The van der Waals surface area contributed by atoms with E-state index in [0.717, 1.165) is 0 Å². The summed E-state index contributed by atoms with van der Waals surface area (Å²) in [6.07, 6.45) is 0.627. The Morgan fingerprint density at radius 2 is 2.12 bits per heavy atom. The standard InChI is InChI=1S/C12H15ClFNO2/c1-17-8-10(13)6-7-15-12(16)9-2-4-11(14)5-3-9/h2-5,10H,6-8H2,1H3,(H,15,16). The number of halogens is 2. The molecule has 5 heteroatoms. The van der Waals surface area contributed by atoms with Gasteiger partial charge in [-0.25, -0.2) is 4.39 Å². The van der Waals surface area contributed by atoms with Gasteiger partial charge in [-0.15, -0.1) is 11.6 Å². The van der Waals surface area contributed by atoms with E-state index in [1.165, 1.54) is 24.3 Å². The molecule has 0 heterocycles. The van der Waals surface area contributed by atoms with Crippen molar-refractivity contribution in [1.82, 2.24) is 5.32 Å². The van der Waals surface area contributed by atoms with Crippen molar-refractivity contribution in [2.24, 2.45) is 0 Å². The van der Waals surface area contributed by atoms with Gasteiger partial charge in [-0.1, -0.05) is 0 Å². The van der Waals surface area contributed by atoms with Crippen molar-refractivity contribution in [3.05, 3.63) is 35.6 Å². The van der Waals surface area contributed by atoms with Crippen LogP contribution in [0.15, 0.2) is 24.3 Å². The Morgan fingerprint density at radius 3 is 2.71 bits per heavy atom. The fraction of sp³-hybridized carbons (Fsp3) is 0.417. The number of hydrogen-bond donors (Lipinski definition) is 1. The maximum atomic E-state index is 12.6. The van der Waals surface area contributed by atoms with Crippen LogP contribution < -0.4 is 5.32 Å². The van der Waals surface area contributed by atoms with Crippen LogP contribution in [-0.4, -0.2) is 31.5 Å². The van der Waals surface area contributed by atoms with E-state index < -0.39 is 0 Å². The molecule has 0 fully saturated rings. The van der Waals surface area contributed by atoms with Gasteiger partial charge in [0.2, 0.25) is 0 Å². The normalized spacial score (nSPS) is 12.2. The molecule has 0 spiro atoms. The van der Waals surface area contributed by atoms with Gasteiger partial charge in [-0.05, 0) is 30.7 Å². The van der Waals surface area contributed by atoms with E-state index in [1.54, 1.807) is 7.11 Å². The lowest BCUT2D eigenvalue weighted by atomic mass is 10.2. The maximum absolute atomic E-state index is 12.6. The van der Waals surface area contributed by atoms with Crippen molar-refractivity contribution in [1.29, 1.82) is 0 Å². The number of amides is 1. The van der Waals surface area contributed by atoms with Crippen molar-refractivity contribution in [3.8, 4) is 0 Å². The van der Waals surface area contributed by atoms with Crippen LogP contribution in [0.4, 0.5) is 4.39 Å². The van der Waals surface area contributed by atoms with Gasteiger partial charge in [0.15, 0.2) is 0 Å². The fourth-order valence-electron chi connectivity index (χ4n) is 1.31. The van der Waals surface area contributed by atoms with Crippen LogP contribution in [0.2, 0.25) is 0 Å². The quantitative estimate of drug-likeness (QED) is 0.796. The molecule has 94 valence electrons. The van der Waals surface area contributed by atoms with Crippen LogP contribution in [-0.2, 0) is 4.74 Å². The Hall–Kier alpha value is -1.13. The molecule has 1 atom stereocenters. The van der Waals surface area contributed by atoms with Crippen LogP contribution in [0.25, 0.3) is 0 Å². The molecule has 0 aliphatic rings. The number of ether oxygens (including phenoxy) is 1. The number of carbonyl (C=O) groups is 1. The average Bonchev–Trinajstić information content (AvgIpc) is 2.30. The highest BCUT2D eigenvalue weighted by Gasteiger charge is 2.07. The van der Waals surface area contributed by atoms with Gasteiger partial charge in [0, 0.05) is 19.2 Å². The predicted molar refractivity (Wildman–Crippen MR) is 64.9 cm³/mol. The number of methoxy groups -OCH3 is 1. The van der Waals surface area contributed by atoms with E-state index in [-0.39, 0.29) is 17.1 Å². The number of benzene rings is 1. The van der Waals surface area contributed by atoms with Crippen molar-refractivity contribution in [2.45, 2.75) is 11.8 Å². The van der Waals surface area contributed by atoms with Gasteiger partial charge < -0.3 is 10.1 Å². The molecule has 1 rings (SSSR count). The molecular weight excluding hydrogens is 245 g/mol. The van der Waals surface area contributed by atoms with E-state index in [1.807, 2.05) is 0 Å². The molecule has 1 aromatic rings. The smallest absolute Gasteiger partial charge is 0.251 e. The Morgan fingerprint density at radius 1 is 1.47 bits per heavy atom. The third-order valence-corrected chi connectivity index (χ3v) is 2.54. The van der Waals surface area contributed by atoms with Gasteiger partial charge in [-0.2, -0.15) is 0 Å². The van der Waals surface area contributed by atoms with Crippen molar-refractivity contribution < 1.29 is 13.9 Å². The number of rotatable bonds is 6. The highest BCUT2D eigenvalue weighted by Crippen LogP contribution is 2.04. The first-order valence-electron chi connectivity index (χ1n) is 5.30. The Labute approximate surface area is 105 Å².